The molecule has 1 aromatic rings. The monoisotopic (exact) mass is 279 g/mol. The number of aromatic nitrogens is 1. The van der Waals surface area contributed by atoms with Crippen molar-refractivity contribution in [3.63, 3.8) is 0 Å². The van der Waals surface area contributed by atoms with Crippen molar-refractivity contribution in [1.29, 1.82) is 0 Å². The van der Waals surface area contributed by atoms with Gasteiger partial charge in [-0.3, -0.25) is 9.59 Å². The van der Waals surface area contributed by atoms with Gasteiger partial charge in [-0.2, -0.15) is 0 Å². The first kappa shape index (κ1) is 14.6. The van der Waals surface area contributed by atoms with E-state index in [0.29, 0.717) is 25.2 Å². The summed E-state index contributed by atoms with van der Waals surface area (Å²) < 4.78 is 5.02. The van der Waals surface area contributed by atoms with Gasteiger partial charge in [0.15, 0.2) is 0 Å². The Labute approximate surface area is 118 Å². The Morgan fingerprint density at radius 2 is 2.30 bits per heavy atom. The van der Waals surface area contributed by atoms with Crippen molar-refractivity contribution in [2.45, 2.75) is 46.2 Å². The fourth-order valence-corrected chi connectivity index (χ4v) is 2.32. The average Bonchev–Trinajstić information content (AvgIpc) is 2.78. The van der Waals surface area contributed by atoms with Gasteiger partial charge in [-0.15, -0.1) is 0 Å². The summed E-state index contributed by atoms with van der Waals surface area (Å²) in [5, 5.41) is 6.74. The SMILES string of the molecule is CCC(C)C1NC(=O)CCN(Cc2cc(C)on2)C1=O. The molecule has 1 aliphatic heterocycles. The molecule has 6 nitrogen and oxygen atoms in total. The number of rotatable bonds is 4. The maximum Gasteiger partial charge on any atom is 0.245 e. The van der Waals surface area contributed by atoms with E-state index in [0.717, 1.165) is 12.2 Å². The second-order valence-corrected chi connectivity index (χ2v) is 5.37. The first-order chi connectivity index (χ1) is 9.51. The van der Waals surface area contributed by atoms with Gasteiger partial charge in [0.05, 0.1) is 6.54 Å². The highest BCUT2D eigenvalue weighted by Gasteiger charge is 2.33. The molecular formula is C14H21N3O3. The molecule has 1 N–H and O–H groups in total. The predicted octanol–water partition coefficient (Wildman–Crippen LogP) is 1.25. The lowest BCUT2D eigenvalue weighted by atomic mass is 9.98. The fraction of sp³-hybridized carbons (Fsp3) is 0.643. The van der Waals surface area contributed by atoms with Crippen LogP contribution >= 0.6 is 0 Å². The maximum absolute atomic E-state index is 12.6. The Kier molecular flexibility index (Phi) is 4.42. The van der Waals surface area contributed by atoms with Crippen molar-refractivity contribution in [2.24, 2.45) is 5.92 Å². The lowest BCUT2D eigenvalue weighted by Crippen LogP contribution is -2.48. The molecule has 0 aliphatic carbocycles. The van der Waals surface area contributed by atoms with Crippen molar-refractivity contribution in [3.05, 3.63) is 17.5 Å². The number of nitrogens with one attached hydrogen (secondary N) is 1. The normalized spacial score (nSPS) is 21.6. The molecule has 0 aromatic carbocycles. The average molecular weight is 279 g/mol. The van der Waals surface area contributed by atoms with Gasteiger partial charge in [0.25, 0.3) is 0 Å². The molecule has 1 aromatic heterocycles. The van der Waals surface area contributed by atoms with E-state index in [4.69, 9.17) is 4.52 Å². The van der Waals surface area contributed by atoms with Gasteiger partial charge < -0.3 is 14.7 Å². The van der Waals surface area contributed by atoms with E-state index in [1.54, 1.807) is 4.90 Å². The van der Waals surface area contributed by atoms with Gasteiger partial charge in [0.1, 0.15) is 17.5 Å². The van der Waals surface area contributed by atoms with Gasteiger partial charge in [0.2, 0.25) is 11.8 Å². The quantitative estimate of drug-likeness (QED) is 0.900. The van der Waals surface area contributed by atoms with Crippen molar-refractivity contribution in [3.8, 4) is 0 Å². The van der Waals surface area contributed by atoms with E-state index in [1.807, 2.05) is 26.8 Å². The molecule has 0 saturated carbocycles. The Morgan fingerprint density at radius 3 is 2.90 bits per heavy atom. The molecule has 0 radical (unpaired) electrons. The van der Waals surface area contributed by atoms with Crippen LogP contribution in [0.15, 0.2) is 10.6 Å². The van der Waals surface area contributed by atoms with Crippen LogP contribution in [0.2, 0.25) is 0 Å². The number of carbonyl (C=O) groups excluding carboxylic acids is 2. The van der Waals surface area contributed by atoms with Crippen LogP contribution in [-0.2, 0) is 16.1 Å². The molecule has 0 bridgehead atoms. The third kappa shape index (κ3) is 3.18. The fourth-order valence-electron chi connectivity index (χ4n) is 2.32. The van der Waals surface area contributed by atoms with Crippen LogP contribution < -0.4 is 5.32 Å². The van der Waals surface area contributed by atoms with Gasteiger partial charge in [-0.1, -0.05) is 25.4 Å². The van der Waals surface area contributed by atoms with Crippen molar-refractivity contribution in [2.75, 3.05) is 6.54 Å². The Balaban J connectivity index is 2.14. The second-order valence-electron chi connectivity index (χ2n) is 5.37. The van der Waals surface area contributed by atoms with Crippen LogP contribution in [0.3, 0.4) is 0 Å². The number of aryl methyl sites for hydroxylation is 1. The first-order valence-electron chi connectivity index (χ1n) is 7.01. The largest absolute Gasteiger partial charge is 0.361 e. The number of amides is 2. The van der Waals surface area contributed by atoms with Crippen LogP contribution in [0.5, 0.6) is 0 Å². The third-order valence-corrected chi connectivity index (χ3v) is 3.75. The molecule has 2 rings (SSSR count). The van der Waals surface area contributed by atoms with E-state index < -0.39 is 6.04 Å². The van der Waals surface area contributed by atoms with Gasteiger partial charge in [0, 0.05) is 19.0 Å². The molecule has 1 aliphatic rings. The van der Waals surface area contributed by atoms with Crippen molar-refractivity contribution >= 4 is 11.8 Å². The van der Waals surface area contributed by atoms with Crippen LogP contribution in [-0.4, -0.2) is 34.5 Å². The summed E-state index contributed by atoms with van der Waals surface area (Å²) in [4.78, 5) is 26.0. The highest BCUT2D eigenvalue weighted by molar-refractivity contribution is 5.90. The molecular weight excluding hydrogens is 258 g/mol. The van der Waals surface area contributed by atoms with Crippen LogP contribution in [0.1, 0.15) is 38.1 Å². The standard InChI is InChI=1S/C14H21N3O3/c1-4-9(2)13-14(19)17(6-5-12(18)15-13)8-11-7-10(3)20-16-11/h7,9,13H,4-6,8H2,1-3H3,(H,15,18). The zero-order chi connectivity index (χ0) is 14.7. The Morgan fingerprint density at radius 1 is 1.55 bits per heavy atom. The third-order valence-electron chi connectivity index (χ3n) is 3.75. The minimum Gasteiger partial charge on any atom is -0.361 e. The molecule has 2 unspecified atom stereocenters. The summed E-state index contributed by atoms with van der Waals surface area (Å²) in [5.74, 6) is 0.731. The van der Waals surface area contributed by atoms with E-state index in [2.05, 4.69) is 10.5 Å². The lowest BCUT2D eigenvalue weighted by Gasteiger charge is -2.26. The van der Waals surface area contributed by atoms with Crippen molar-refractivity contribution < 1.29 is 14.1 Å². The molecule has 2 atom stereocenters. The summed E-state index contributed by atoms with van der Waals surface area (Å²) >= 11 is 0. The Bertz CT molecular complexity index is 498. The number of hydrogen-bond donors (Lipinski definition) is 1. The minimum atomic E-state index is -0.442. The highest BCUT2D eigenvalue weighted by atomic mass is 16.5. The molecule has 2 heterocycles. The molecule has 110 valence electrons. The van der Waals surface area contributed by atoms with Crippen molar-refractivity contribution in [1.82, 2.24) is 15.4 Å². The summed E-state index contributed by atoms with van der Waals surface area (Å²) in [6.45, 7) is 6.61. The summed E-state index contributed by atoms with van der Waals surface area (Å²) in [6.07, 6.45) is 1.17. The van der Waals surface area contributed by atoms with Gasteiger partial charge in [-0.25, -0.2) is 0 Å². The smallest absolute Gasteiger partial charge is 0.245 e. The van der Waals surface area contributed by atoms with E-state index >= 15 is 0 Å². The number of carbonyl (C=O) groups is 2. The summed E-state index contributed by atoms with van der Waals surface area (Å²) in [7, 11) is 0. The zero-order valence-corrected chi connectivity index (χ0v) is 12.2. The molecule has 6 heteroatoms. The first-order valence-corrected chi connectivity index (χ1v) is 7.01. The van der Waals surface area contributed by atoms with Crippen LogP contribution in [0, 0.1) is 12.8 Å². The zero-order valence-electron chi connectivity index (χ0n) is 12.2. The van der Waals surface area contributed by atoms with E-state index in [-0.39, 0.29) is 17.7 Å². The highest BCUT2D eigenvalue weighted by Crippen LogP contribution is 2.16. The lowest BCUT2D eigenvalue weighted by molar-refractivity contribution is -0.135. The predicted molar refractivity (Wildman–Crippen MR) is 72.7 cm³/mol. The summed E-state index contributed by atoms with van der Waals surface area (Å²) in [5.41, 5.74) is 0.716. The maximum atomic E-state index is 12.6. The van der Waals surface area contributed by atoms with E-state index in [1.165, 1.54) is 0 Å². The molecule has 1 saturated heterocycles. The number of hydrogen-bond acceptors (Lipinski definition) is 4. The van der Waals surface area contributed by atoms with Gasteiger partial charge in [-0.05, 0) is 12.8 Å². The van der Waals surface area contributed by atoms with Crippen LogP contribution in [0.25, 0.3) is 0 Å². The number of nitrogens with zero attached hydrogens (tertiary/aromatic N) is 2. The molecule has 1 fully saturated rings. The minimum absolute atomic E-state index is 0.0362. The second kappa shape index (κ2) is 6.07. The molecule has 2 amide bonds. The van der Waals surface area contributed by atoms with E-state index in [9.17, 15) is 9.59 Å². The van der Waals surface area contributed by atoms with Gasteiger partial charge >= 0.3 is 0 Å². The topological polar surface area (TPSA) is 75.4 Å². The Hall–Kier alpha value is -1.85. The molecule has 0 spiro atoms. The summed E-state index contributed by atoms with van der Waals surface area (Å²) in [6, 6.07) is 1.37. The molecule has 20 heavy (non-hydrogen) atoms. The van der Waals surface area contributed by atoms with Crippen LogP contribution in [0.4, 0.5) is 0 Å².